The molecule has 0 heterocycles. The Balaban J connectivity index is 2.07. The van der Waals surface area contributed by atoms with Crippen molar-refractivity contribution in [2.24, 2.45) is 17.8 Å². The maximum Gasteiger partial charge on any atom is -0.0159 e. The van der Waals surface area contributed by atoms with Crippen molar-refractivity contribution in [3.8, 4) is 0 Å². The van der Waals surface area contributed by atoms with Crippen LogP contribution >= 0.6 is 0 Å². The molecule has 0 saturated heterocycles. The van der Waals surface area contributed by atoms with Crippen LogP contribution < -0.4 is 0 Å². The van der Waals surface area contributed by atoms with Crippen molar-refractivity contribution >= 4 is 0 Å². The molecular weight excluding hydrogens is 192 g/mol. The van der Waals surface area contributed by atoms with Crippen molar-refractivity contribution in [3.63, 3.8) is 0 Å². The smallest absolute Gasteiger partial charge is 0.0159 e. The van der Waals surface area contributed by atoms with Crippen molar-refractivity contribution in [2.45, 2.75) is 46.0 Å². The Hall–Kier alpha value is -0.780. The SMILES string of the molecule is CC1CCC(C(C)c2ccccc2)C(C)C1. The van der Waals surface area contributed by atoms with E-state index in [4.69, 9.17) is 0 Å². The molecule has 4 atom stereocenters. The third-order valence-corrected chi connectivity index (χ3v) is 4.47. The van der Waals surface area contributed by atoms with Crippen molar-refractivity contribution in [1.29, 1.82) is 0 Å². The van der Waals surface area contributed by atoms with Crippen LogP contribution in [0.25, 0.3) is 0 Å². The van der Waals surface area contributed by atoms with Gasteiger partial charge >= 0.3 is 0 Å². The summed E-state index contributed by atoms with van der Waals surface area (Å²) in [5, 5.41) is 0. The Labute approximate surface area is 100 Å². The first kappa shape index (κ1) is 11.7. The summed E-state index contributed by atoms with van der Waals surface area (Å²) in [4.78, 5) is 0. The molecule has 0 amide bonds. The Kier molecular flexibility index (Phi) is 3.68. The molecule has 1 aliphatic rings. The van der Waals surface area contributed by atoms with E-state index in [2.05, 4.69) is 51.1 Å². The molecule has 0 aliphatic heterocycles. The molecule has 1 saturated carbocycles. The van der Waals surface area contributed by atoms with Gasteiger partial charge in [-0.3, -0.25) is 0 Å². The number of rotatable bonds is 2. The number of benzene rings is 1. The van der Waals surface area contributed by atoms with Crippen LogP contribution in [0.3, 0.4) is 0 Å². The van der Waals surface area contributed by atoms with E-state index in [0.717, 1.165) is 23.7 Å². The summed E-state index contributed by atoms with van der Waals surface area (Å²) in [6.07, 6.45) is 4.26. The first-order valence-electron chi connectivity index (χ1n) is 6.73. The number of hydrogen-bond donors (Lipinski definition) is 0. The largest absolute Gasteiger partial charge is 0.0625 e. The van der Waals surface area contributed by atoms with E-state index in [1.54, 1.807) is 0 Å². The average molecular weight is 216 g/mol. The van der Waals surface area contributed by atoms with E-state index in [-0.39, 0.29) is 0 Å². The van der Waals surface area contributed by atoms with Crippen LogP contribution in [0, 0.1) is 17.8 Å². The topological polar surface area (TPSA) is 0 Å². The summed E-state index contributed by atoms with van der Waals surface area (Å²) in [6, 6.07) is 11.0. The molecule has 2 rings (SSSR count). The predicted octanol–water partition coefficient (Wildman–Crippen LogP) is 4.86. The lowest BCUT2D eigenvalue weighted by Gasteiger charge is -2.36. The van der Waals surface area contributed by atoms with E-state index >= 15 is 0 Å². The van der Waals surface area contributed by atoms with Gasteiger partial charge in [-0.15, -0.1) is 0 Å². The Morgan fingerprint density at radius 2 is 1.75 bits per heavy atom. The standard InChI is InChI=1S/C16H24/c1-12-9-10-16(13(2)11-12)14(3)15-7-5-4-6-8-15/h4-8,12-14,16H,9-11H2,1-3H3. The van der Waals surface area contributed by atoms with Crippen LogP contribution in [-0.4, -0.2) is 0 Å². The van der Waals surface area contributed by atoms with Crippen molar-refractivity contribution < 1.29 is 0 Å². The van der Waals surface area contributed by atoms with Gasteiger partial charge in [0.25, 0.3) is 0 Å². The molecule has 4 unspecified atom stereocenters. The van der Waals surface area contributed by atoms with Crippen molar-refractivity contribution in [2.75, 3.05) is 0 Å². The minimum absolute atomic E-state index is 0.726. The molecule has 0 N–H and O–H groups in total. The molecule has 0 bridgehead atoms. The molecule has 88 valence electrons. The highest BCUT2D eigenvalue weighted by atomic mass is 14.3. The second-order valence-corrected chi connectivity index (χ2v) is 5.76. The van der Waals surface area contributed by atoms with E-state index in [1.165, 1.54) is 24.8 Å². The van der Waals surface area contributed by atoms with Crippen LogP contribution in [0.5, 0.6) is 0 Å². The van der Waals surface area contributed by atoms with Gasteiger partial charge < -0.3 is 0 Å². The van der Waals surface area contributed by atoms with E-state index in [9.17, 15) is 0 Å². The van der Waals surface area contributed by atoms with E-state index in [0.29, 0.717) is 0 Å². The zero-order valence-electron chi connectivity index (χ0n) is 10.8. The molecule has 0 heteroatoms. The predicted molar refractivity (Wildman–Crippen MR) is 70.5 cm³/mol. The van der Waals surface area contributed by atoms with Crippen LogP contribution in [0.4, 0.5) is 0 Å². The molecule has 0 spiro atoms. The molecule has 0 radical (unpaired) electrons. The van der Waals surface area contributed by atoms with Gasteiger partial charge in [-0.05, 0) is 42.1 Å². The van der Waals surface area contributed by atoms with Crippen LogP contribution in [0.15, 0.2) is 30.3 Å². The fourth-order valence-corrected chi connectivity index (χ4v) is 3.44. The highest BCUT2D eigenvalue weighted by molar-refractivity contribution is 5.19. The molecule has 1 aliphatic carbocycles. The van der Waals surface area contributed by atoms with Gasteiger partial charge in [0.1, 0.15) is 0 Å². The zero-order valence-corrected chi connectivity index (χ0v) is 10.8. The Morgan fingerprint density at radius 3 is 2.38 bits per heavy atom. The third kappa shape index (κ3) is 2.48. The summed E-state index contributed by atoms with van der Waals surface area (Å²) in [5.74, 6) is 3.44. The first-order chi connectivity index (χ1) is 7.68. The lowest BCUT2D eigenvalue weighted by Crippen LogP contribution is -2.25. The van der Waals surface area contributed by atoms with Gasteiger partial charge in [0.15, 0.2) is 0 Å². The summed E-state index contributed by atoms with van der Waals surface area (Å²) in [6.45, 7) is 7.26. The second kappa shape index (κ2) is 5.03. The lowest BCUT2D eigenvalue weighted by molar-refractivity contribution is 0.180. The van der Waals surface area contributed by atoms with Crippen LogP contribution in [0.1, 0.15) is 51.5 Å². The normalized spacial score (nSPS) is 32.3. The van der Waals surface area contributed by atoms with Gasteiger partial charge in [-0.25, -0.2) is 0 Å². The van der Waals surface area contributed by atoms with Crippen molar-refractivity contribution in [1.82, 2.24) is 0 Å². The van der Waals surface area contributed by atoms with Gasteiger partial charge in [0, 0.05) is 0 Å². The van der Waals surface area contributed by atoms with Gasteiger partial charge in [0.05, 0.1) is 0 Å². The summed E-state index contributed by atoms with van der Waals surface area (Å²) in [7, 11) is 0. The average Bonchev–Trinajstić information content (AvgIpc) is 2.29. The van der Waals surface area contributed by atoms with Crippen molar-refractivity contribution in [3.05, 3.63) is 35.9 Å². The lowest BCUT2D eigenvalue weighted by atomic mass is 9.69. The highest BCUT2D eigenvalue weighted by Gasteiger charge is 2.29. The molecular formula is C16H24. The highest BCUT2D eigenvalue weighted by Crippen LogP contribution is 2.41. The fraction of sp³-hybridized carbons (Fsp3) is 0.625. The zero-order chi connectivity index (χ0) is 11.5. The van der Waals surface area contributed by atoms with Gasteiger partial charge in [-0.1, -0.05) is 57.5 Å². The minimum Gasteiger partial charge on any atom is -0.0625 e. The molecule has 0 aromatic heterocycles. The maximum atomic E-state index is 2.44. The molecule has 16 heavy (non-hydrogen) atoms. The van der Waals surface area contributed by atoms with Gasteiger partial charge in [-0.2, -0.15) is 0 Å². The third-order valence-electron chi connectivity index (χ3n) is 4.47. The molecule has 1 aromatic rings. The summed E-state index contributed by atoms with van der Waals surface area (Å²) < 4.78 is 0. The Bertz CT molecular complexity index is 314. The monoisotopic (exact) mass is 216 g/mol. The maximum absolute atomic E-state index is 2.44. The Morgan fingerprint density at radius 1 is 1.06 bits per heavy atom. The summed E-state index contributed by atoms with van der Waals surface area (Å²) >= 11 is 0. The quantitative estimate of drug-likeness (QED) is 0.662. The van der Waals surface area contributed by atoms with Crippen LogP contribution in [-0.2, 0) is 0 Å². The summed E-state index contributed by atoms with van der Waals surface area (Å²) in [5.41, 5.74) is 1.52. The molecule has 1 aromatic carbocycles. The fourth-order valence-electron chi connectivity index (χ4n) is 3.44. The van der Waals surface area contributed by atoms with Gasteiger partial charge in [0.2, 0.25) is 0 Å². The number of hydrogen-bond acceptors (Lipinski definition) is 0. The minimum atomic E-state index is 0.726. The van der Waals surface area contributed by atoms with Crippen LogP contribution in [0.2, 0.25) is 0 Å². The molecule has 1 fully saturated rings. The van der Waals surface area contributed by atoms with E-state index < -0.39 is 0 Å². The first-order valence-corrected chi connectivity index (χ1v) is 6.73. The van der Waals surface area contributed by atoms with E-state index in [1.807, 2.05) is 0 Å². The molecule has 0 nitrogen and oxygen atoms in total. The second-order valence-electron chi connectivity index (χ2n) is 5.76.